The molecule has 0 saturated carbocycles. The van der Waals surface area contributed by atoms with E-state index in [-0.39, 0.29) is 10.8 Å². The second-order valence-electron chi connectivity index (χ2n) is 3.95. The molecule has 19 heavy (non-hydrogen) atoms. The van der Waals surface area contributed by atoms with E-state index >= 15 is 0 Å². The Morgan fingerprint density at radius 3 is 2.53 bits per heavy atom. The number of nitrogens with zero attached hydrogens (tertiary/aromatic N) is 2. The Balaban J connectivity index is 1.85. The fraction of sp³-hybridized carbons (Fsp3) is 0.154. The van der Waals surface area contributed by atoms with E-state index in [1.807, 2.05) is 0 Å². The van der Waals surface area contributed by atoms with E-state index in [0.717, 1.165) is 12.0 Å². The smallest absolute Gasteiger partial charge is 0.144 e. The van der Waals surface area contributed by atoms with Gasteiger partial charge in [-0.2, -0.15) is 0 Å². The standard InChI is InChI=1S/C13H13FN4S/c14-10-3-1-9(2-4-10)5-6-16-12-8-17-11(7-18-12)13(15)19/h1-4,7-8H,5-6H2,(H2,15,19)(H,16,18). The van der Waals surface area contributed by atoms with Gasteiger partial charge in [-0.1, -0.05) is 24.4 Å². The average molecular weight is 276 g/mol. The molecule has 0 bridgehead atoms. The van der Waals surface area contributed by atoms with E-state index in [0.29, 0.717) is 18.1 Å². The second-order valence-corrected chi connectivity index (χ2v) is 4.39. The first kappa shape index (κ1) is 13.4. The average Bonchev–Trinajstić information content (AvgIpc) is 2.41. The highest BCUT2D eigenvalue weighted by Gasteiger charge is 2.00. The van der Waals surface area contributed by atoms with Gasteiger partial charge in [0, 0.05) is 6.54 Å². The molecule has 0 aliphatic heterocycles. The number of anilines is 1. The number of nitrogens with one attached hydrogen (secondary N) is 1. The highest BCUT2D eigenvalue weighted by Crippen LogP contribution is 2.05. The van der Waals surface area contributed by atoms with Gasteiger partial charge < -0.3 is 11.1 Å². The number of nitrogens with two attached hydrogens (primary N) is 1. The first-order valence-electron chi connectivity index (χ1n) is 5.75. The maximum Gasteiger partial charge on any atom is 0.144 e. The molecule has 0 saturated heterocycles. The fourth-order valence-electron chi connectivity index (χ4n) is 1.53. The Bertz CT molecular complexity index is 554. The van der Waals surface area contributed by atoms with Crippen LogP contribution in [-0.4, -0.2) is 21.5 Å². The number of thiocarbonyl (C=S) groups is 1. The van der Waals surface area contributed by atoms with E-state index in [4.69, 9.17) is 18.0 Å². The second kappa shape index (κ2) is 6.19. The zero-order chi connectivity index (χ0) is 13.7. The van der Waals surface area contributed by atoms with Gasteiger partial charge in [-0.15, -0.1) is 0 Å². The van der Waals surface area contributed by atoms with Crippen LogP contribution in [0.2, 0.25) is 0 Å². The third-order valence-electron chi connectivity index (χ3n) is 2.54. The first-order valence-corrected chi connectivity index (χ1v) is 6.16. The van der Waals surface area contributed by atoms with Crippen molar-refractivity contribution in [3.8, 4) is 0 Å². The SMILES string of the molecule is NC(=S)c1cnc(NCCc2ccc(F)cc2)cn1. The van der Waals surface area contributed by atoms with Gasteiger partial charge in [-0.05, 0) is 24.1 Å². The summed E-state index contributed by atoms with van der Waals surface area (Å²) >= 11 is 4.79. The largest absolute Gasteiger partial charge is 0.388 e. The lowest BCUT2D eigenvalue weighted by atomic mass is 10.1. The van der Waals surface area contributed by atoms with Crippen molar-refractivity contribution < 1.29 is 4.39 Å². The molecule has 1 aromatic heterocycles. The molecule has 4 nitrogen and oxygen atoms in total. The van der Waals surface area contributed by atoms with Crippen LogP contribution < -0.4 is 11.1 Å². The van der Waals surface area contributed by atoms with Crippen molar-refractivity contribution in [2.24, 2.45) is 5.73 Å². The van der Waals surface area contributed by atoms with E-state index in [9.17, 15) is 4.39 Å². The molecule has 0 radical (unpaired) electrons. The van der Waals surface area contributed by atoms with Gasteiger partial charge >= 0.3 is 0 Å². The summed E-state index contributed by atoms with van der Waals surface area (Å²) in [6, 6.07) is 6.43. The van der Waals surface area contributed by atoms with Gasteiger partial charge in [0.15, 0.2) is 0 Å². The van der Waals surface area contributed by atoms with Crippen molar-refractivity contribution in [3.05, 3.63) is 53.7 Å². The molecule has 1 aromatic carbocycles. The van der Waals surface area contributed by atoms with Gasteiger partial charge in [0.05, 0.1) is 12.4 Å². The van der Waals surface area contributed by atoms with E-state index in [2.05, 4.69) is 15.3 Å². The Morgan fingerprint density at radius 1 is 1.21 bits per heavy atom. The van der Waals surface area contributed by atoms with Crippen LogP contribution in [0.15, 0.2) is 36.7 Å². The Morgan fingerprint density at radius 2 is 1.95 bits per heavy atom. The Hall–Kier alpha value is -2.08. The lowest BCUT2D eigenvalue weighted by Crippen LogP contribution is -2.13. The minimum Gasteiger partial charge on any atom is -0.388 e. The topological polar surface area (TPSA) is 63.8 Å². The Kier molecular flexibility index (Phi) is 4.35. The molecule has 0 aliphatic carbocycles. The van der Waals surface area contributed by atoms with Crippen LogP contribution in [0.3, 0.4) is 0 Å². The van der Waals surface area contributed by atoms with Gasteiger partial charge in [0.1, 0.15) is 22.3 Å². The van der Waals surface area contributed by atoms with Crippen molar-refractivity contribution in [2.45, 2.75) is 6.42 Å². The quantitative estimate of drug-likeness (QED) is 0.817. The summed E-state index contributed by atoms with van der Waals surface area (Å²) in [5.74, 6) is 0.429. The van der Waals surface area contributed by atoms with Gasteiger partial charge in [0.25, 0.3) is 0 Å². The summed E-state index contributed by atoms with van der Waals surface area (Å²) in [4.78, 5) is 8.45. The van der Waals surface area contributed by atoms with Crippen LogP contribution in [0.25, 0.3) is 0 Å². The number of rotatable bonds is 5. The van der Waals surface area contributed by atoms with Gasteiger partial charge in [-0.3, -0.25) is 0 Å². The normalized spacial score (nSPS) is 10.2. The molecule has 6 heteroatoms. The molecule has 0 aliphatic rings. The van der Waals surface area contributed by atoms with Gasteiger partial charge in [-0.25, -0.2) is 14.4 Å². The maximum absolute atomic E-state index is 12.7. The Labute approximate surface area is 115 Å². The van der Waals surface area contributed by atoms with Crippen LogP contribution in [0, 0.1) is 5.82 Å². The first-order chi connectivity index (χ1) is 9.15. The predicted molar refractivity (Wildman–Crippen MR) is 76.5 cm³/mol. The molecule has 2 rings (SSSR count). The third kappa shape index (κ3) is 3.96. The summed E-state index contributed by atoms with van der Waals surface area (Å²) in [5, 5.41) is 3.12. The highest BCUT2D eigenvalue weighted by atomic mass is 32.1. The zero-order valence-corrected chi connectivity index (χ0v) is 11.0. The van der Waals surface area contributed by atoms with Crippen molar-refractivity contribution in [1.82, 2.24) is 9.97 Å². The van der Waals surface area contributed by atoms with E-state index < -0.39 is 0 Å². The zero-order valence-electron chi connectivity index (χ0n) is 10.1. The number of aromatic nitrogens is 2. The molecular formula is C13H13FN4S. The number of hydrogen-bond donors (Lipinski definition) is 2. The van der Waals surface area contributed by atoms with Crippen LogP contribution in [0.4, 0.5) is 10.2 Å². The lowest BCUT2D eigenvalue weighted by molar-refractivity contribution is 0.627. The summed E-state index contributed by atoms with van der Waals surface area (Å²) < 4.78 is 12.7. The van der Waals surface area contributed by atoms with Crippen LogP contribution >= 0.6 is 12.2 Å². The highest BCUT2D eigenvalue weighted by molar-refractivity contribution is 7.80. The minimum absolute atomic E-state index is 0.226. The molecule has 0 amide bonds. The van der Waals surface area contributed by atoms with E-state index in [1.165, 1.54) is 18.3 Å². The monoisotopic (exact) mass is 276 g/mol. The molecule has 0 fully saturated rings. The summed E-state index contributed by atoms with van der Waals surface area (Å²) in [5.41, 5.74) is 6.99. The summed E-state index contributed by atoms with van der Waals surface area (Å²) in [6.45, 7) is 0.687. The van der Waals surface area contributed by atoms with Crippen molar-refractivity contribution in [3.63, 3.8) is 0 Å². The predicted octanol–water partition coefficient (Wildman–Crippen LogP) is 1.90. The van der Waals surface area contributed by atoms with E-state index in [1.54, 1.807) is 18.3 Å². The van der Waals surface area contributed by atoms with Crippen LogP contribution in [0.5, 0.6) is 0 Å². The molecule has 98 valence electrons. The number of benzene rings is 1. The molecule has 0 spiro atoms. The van der Waals surface area contributed by atoms with Crippen LogP contribution in [-0.2, 0) is 6.42 Å². The van der Waals surface area contributed by atoms with Crippen LogP contribution in [0.1, 0.15) is 11.3 Å². The molecule has 0 atom stereocenters. The molecule has 3 N–H and O–H groups in total. The third-order valence-corrected chi connectivity index (χ3v) is 2.75. The molecule has 1 heterocycles. The van der Waals surface area contributed by atoms with Crippen molar-refractivity contribution in [2.75, 3.05) is 11.9 Å². The summed E-state index contributed by atoms with van der Waals surface area (Å²) in [7, 11) is 0. The minimum atomic E-state index is -0.226. The van der Waals surface area contributed by atoms with Crippen molar-refractivity contribution >= 4 is 23.0 Å². The van der Waals surface area contributed by atoms with Crippen molar-refractivity contribution in [1.29, 1.82) is 0 Å². The fourth-order valence-corrected chi connectivity index (χ4v) is 1.64. The maximum atomic E-state index is 12.7. The molecule has 0 unspecified atom stereocenters. The lowest BCUT2D eigenvalue weighted by Gasteiger charge is -2.05. The summed E-state index contributed by atoms with van der Waals surface area (Å²) in [6.07, 6.45) is 3.89. The number of hydrogen-bond acceptors (Lipinski definition) is 4. The molecule has 2 aromatic rings. The van der Waals surface area contributed by atoms with Gasteiger partial charge in [0.2, 0.25) is 0 Å². The number of halogens is 1. The molecular weight excluding hydrogens is 263 g/mol.